The van der Waals surface area contributed by atoms with Crippen LogP contribution in [0.5, 0.6) is 0 Å². The third-order valence-corrected chi connectivity index (χ3v) is 6.84. The topological polar surface area (TPSA) is 86.1 Å². The van der Waals surface area contributed by atoms with Crippen LogP contribution in [0.15, 0.2) is 18.2 Å². The molecule has 2 unspecified atom stereocenters. The Kier molecular flexibility index (Phi) is 7.36. The van der Waals surface area contributed by atoms with Crippen molar-refractivity contribution in [2.45, 2.75) is 58.4 Å². The minimum atomic E-state index is -1.98. The van der Waals surface area contributed by atoms with Crippen LogP contribution in [-0.2, 0) is 18.9 Å². The highest BCUT2D eigenvalue weighted by Gasteiger charge is 2.64. The van der Waals surface area contributed by atoms with E-state index in [-0.39, 0.29) is 59.1 Å². The predicted octanol–water partition coefficient (Wildman–Crippen LogP) is 2.29. The molecule has 31 heavy (non-hydrogen) atoms. The van der Waals surface area contributed by atoms with E-state index in [1.807, 2.05) is 13.8 Å². The van der Waals surface area contributed by atoms with Crippen molar-refractivity contribution in [3.63, 3.8) is 0 Å². The zero-order valence-corrected chi connectivity index (χ0v) is 19.8. The second-order valence-corrected chi connectivity index (χ2v) is 9.95. The lowest BCUT2D eigenvalue weighted by molar-refractivity contribution is -0.831. The molecule has 2 aliphatic rings. The fourth-order valence-corrected chi connectivity index (χ4v) is 5.38. The summed E-state index contributed by atoms with van der Waals surface area (Å²) in [5.41, 5.74) is 0.214. The highest BCUT2D eigenvalue weighted by atomic mass is 35.5. The summed E-state index contributed by atoms with van der Waals surface area (Å²) in [4.78, 5) is 38.6. The molecule has 1 aromatic rings. The van der Waals surface area contributed by atoms with Crippen LogP contribution < -0.4 is 10.1 Å². The van der Waals surface area contributed by atoms with Gasteiger partial charge in [0, 0.05) is 5.02 Å². The Morgan fingerprint density at radius 2 is 2.00 bits per heavy atom. The van der Waals surface area contributed by atoms with Crippen LogP contribution in [0.3, 0.4) is 0 Å². The van der Waals surface area contributed by atoms with Crippen LogP contribution in [0.1, 0.15) is 50.9 Å². The normalized spacial score (nSPS) is 28.4. The summed E-state index contributed by atoms with van der Waals surface area (Å²) in [7, 11) is 0. The van der Waals surface area contributed by atoms with Gasteiger partial charge in [-0.2, -0.15) is 0 Å². The fraction of sp³-hybridized carbons (Fsp3) is 0.571. The van der Waals surface area contributed by atoms with Crippen molar-refractivity contribution in [2.75, 3.05) is 13.2 Å². The van der Waals surface area contributed by atoms with E-state index in [4.69, 9.17) is 32.5 Å². The Bertz CT molecular complexity index is 883. The van der Waals surface area contributed by atoms with Gasteiger partial charge in [-0.05, 0) is 50.2 Å². The Morgan fingerprint density at radius 1 is 1.29 bits per heavy atom. The summed E-state index contributed by atoms with van der Waals surface area (Å²) in [6, 6.07) is 4.36. The molecule has 0 aliphatic carbocycles. The number of carbonyl (C=O) groups excluding carboxylic acids is 3. The second kappa shape index (κ2) is 9.49. The third-order valence-electron chi connectivity index (χ3n) is 6.28. The molecule has 170 valence electrons. The molecule has 1 aromatic carbocycles. The van der Waals surface area contributed by atoms with E-state index >= 15 is 0 Å². The van der Waals surface area contributed by atoms with E-state index in [0.29, 0.717) is 18.1 Å². The molecular formula is C21H29BCl2N2O5. The molecule has 7 nitrogen and oxygen atoms in total. The monoisotopic (exact) mass is 470 g/mol. The van der Waals surface area contributed by atoms with Crippen LogP contribution in [0.25, 0.3) is 0 Å². The van der Waals surface area contributed by atoms with Crippen molar-refractivity contribution in [3.8, 4) is 0 Å². The highest BCUT2D eigenvalue weighted by Crippen LogP contribution is 2.35. The summed E-state index contributed by atoms with van der Waals surface area (Å²) >= 11 is 12.0. The number of amides is 1. The van der Waals surface area contributed by atoms with Crippen LogP contribution in [-0.4, -0.2) is 49.6 Å². The van der Waals surface area contributed by atoms with Crippen molar-refractivity contribution in [1.82, 2.24) is 5.32 Å². The summed E-state index contributed by atoms with van der Waals surface area (Å²) < 4.78 is 12.0. The molecule has 2 aliphatic heterocycles. The standard InChI is InChI=1S/C21H29BCl2N2O5/c1-12(2)7-15(22-26(13(3)11-30-22)14(4)21(29)31-22)8-17(27)10-25-20(28)18-9-16(23)5-6-19(18)24/h5-6,9,12-15,26H,7-8,10-11H2,1-4H3,(H,25,28)/t13-,14-,15-,22?/m1/s1. The molecule has 0 saturated carbocycles. The Balaban J connectivity index is 1.71. The molecule has 0 radical (unpaired) electrons. The van der Waals surface area contributed by atoms with E-state index < -0.39 is 12.6 Å². The molecule has 5 atom stereocenters. The van der Waals surface area contributed by atoms with Crippen molar-refractivity contribution in [1.29, 1.82) is 0 Å². The quantitative estimate of drug-likeness (QED) is 0.569. The molecule has 3 rings (SSSR count). The highest BCUT2D eigenvalue weighted by molar-refractivity contribution is 6.64. The smallest absolute Gasteiger partial charge is 0.530 e. The Hall–Kier alpha value is -1.61. The molecule has 2 N–H and O–H groups in total. The summed E-state index contributed by atoms with van der Waals surface area (Å²) in [6.07, 6.45) is 0.827. The Morgan fingerprint density at radius 3 is 2.68 bits per heavy atom. The van der Waals surface area contributed by atoms with Gasteiger partial charge in [0.25, 0.3) is 5.91 Å². The van der Waals surface area contributed by atoms with Crippen molar-refractivity contribution >= 4 is 47.5 Å². The van der Waals surface area contributed by atoms with E-state index in [9.17, 15) is 14.4 Å². The van der Waals surface area contributed by atoms with Crippen LogP contribution in [0.2, 0.25) is 15.9 Å². The number of nitrogens with one attached hydrogen (secondary N) is 2. The molecule has 2 heterocycles. The van der Waals surface area contributed by atoms with Gasteiger partial charge in [-0.15, -0.1) is 0 Å². The SMILES string of the molecule is CC(C)C[C@H](CC(=O)CNC(=O)c1cc(Cl)ccc1Cl)[B-]12OC[C@@H](C)[NH+]1[C@H](C)C(=O)O2. The predicted molar refractivity (Wildman–Crippen MR) is 119 cm³/mol. The van der Waals surface area contributed by atoms with Gasteiger partial charge in [0.2, 0.25) is 0 Å². The summed E-state index contributed by atoms with van der Waals surface area (Å²) in [5, 5.41) is 3.26. The van der Waals surface area contributed by atoms with Gasteiger partial charge in [0.15, 0.2) is 0 Å². The fourth-order valence-electron chi connectivity index (χ4n) is 5.00. The molecule has 1 amide bonds. The van der Waals surface area contributed by atoms with Gasteiger partial charge in [-0.1, -0.05) is 43.5 Å². The van der Waals surface area contributed by atoms with E-state index in [0.717, 1.165) is 4.81 Å². The number of halogens is 2. The minimum absolute atomic E-state index is 0.107. The van der Waals surface area contributed by atoms with Crippen molar-refractivity contribution < 1.29 is 28.5 Å². The minimum Gasteiger partial charge on any atom is -0.611 e. The van der Waals surface area contributed by atoms with Crippen LogP contribution in [0.4, 0.5) is 0 Å². The van der Waals surface area contributed by atoms with E-state index in [1.54, 1.807) is 6.07 Å². The number of carbonyl (C=O) groups is 3. The molecular weight excluding hydrogens is 442 g/mol. The van der Waals surface area contributed by atoms with Gasteiger partial charge in [0.1, 0.15) is 11.8 Å². The molecule has 2 fully saturated rings. The van der Waals surface area contributed by atoms with E-state index in [2.05, 4.69) is 19.2 Å². The van der Waals surface area contributed by atoms with Crippen LogP contribution >= 0.6 is 23.2 Å². The first-order chi connectivity index (χ1) is 14.5. The van der Waals surface area contributed by atoms with E-state index in [1.165, 1.54) is 12.1 Å². The molecule has 2 saturated heterocycles. The van der Waals surface area contributed by atoms with Crippen molar-refractivity contribution in [3.05, 3.63) is 33.8 Å². The van der Waals surface area contributed by atoms with Crippen LogP contribution in [0, 0.1) is 5.92 Å². The number of ketones is 1. The number of hydrogen-bond donors (Lipinski definition) is 2. The second-order valence-electron chi connectivity index (χ2n) is 9.10. The number of Topliss-reactive ketones (excluding diaryl/α,β-unsaturated/α-hetero) is 1. The number of rotatable bonds is 8. The summed E-state index contributed by atoms with van der Waals surface area (Å²) in [5.74, 6) is -0.890. The molecule has 0 bridgehead atoms. The third kappa shape index (κ3) is 4.92. The van der Waals surface area contributed by atoms with Gasteiger partial charge < -0.3 is 19.4 Å². The summed E-state index contributed by atoms with van der Waals surface area (Å²) in [6.45, 7) is 6.34. The van der Waals surface area contributed by atoms with Gasteiger partial charge in [-0.25, -0.2) is 4.79 Å². The lowest BCUT2D eigenvalue weighted by Gasteiger charge is -2.40. The maximum atomic E-state index is 12.8. The lowest BCUT2D eigenvalue weighted by atomic mass is 9.53. The van der Waals surface area contributed by atoms with Gasteiger partial charge in [0.05, 0.1) is 29.8 Å². The first-order valence-corrected chi connectivity index (χ1v) is 11.4. The average Bonchev–Trinajstić information content (AvgIpc) is 3.16. The lowest BCUT2D eigenvalue weighted by Crippen LogP contribution is -3.25. The van der Waals surface area contributed by atoms with Gasteiger partial charge in [-0.3, -0.25) is 9.59 Å². The maximum Gasteiger partial charge on any atom is 0.530 e. The van der Waals surface area contributed by atoms with Crippen molar-refractivity contribution in [2.24, 2.45) is 5.92 Å². The maximum absolute atomic E-state index is 12.8. The zero-order valence-electron chi connectivity index (χ0n) is 18.2. The Labute approximate surface area is 192 Å². The largest absolute Gasteiger partial charge is 0.611 e. The molecule has 10 heteroatoms. The molecule has 0 spiro atoms. The average molecular weight is 471 g/mol. The number of benzene rings is 1. The van der Waals surface area contributed by atoms with Gasteiger partial charge >= 0.3 is 12.7 Å². The first kappa shape index (κ1) is 24.0. The number of quaternary nitrogens is 1. The number of fused-ring (bicyclic) bond motifs is 1. The molecule has 0 aromatic heterocycles. The zero-order chi connectivity index (χ0) is 22.9. The first-order valence-electron chi connectivity index (χ1n) is 10.7. The number of hydrogen-bond acceptors (Lipinski definition) is 5.